The van der Waals surface area contributed by atoms with Crippen molar-refractivity contribution in [2.24, 2.45) is 0 Å². The lowest BCUT2D eigenvalue weighted by Gasteiger charge is -2.32. The van der Waals surface area contributed by atoms with Crippen LogP contribution < -0.4 is 5.32 Å². The number of nitrogens with zero attached hydrogens (tertiary/aromatic N) is 1. The highest BCUT2D eigenvalue weighted by molar-refractivity contribution is 5.86. The molecule has 0 aromatic heterocycles. The van der Waals surface area contributed by atoms with E-state index in [1.165, 1.54) is 12.1 Å². The minimum absolute atomic E-state index is 0.154. The van der Waals surface area contributed by atoms with Gasteiger partial charge >= 0.3 is 0 Å². The van der Waals surface area contributed by atoms with Gasteiger partial charge in [0.2, 0.25) is 5.91 Å². The summed E-state index contributed by atoms with van der Waals surface area (Å²) in [6, 6.07) is 6.33. The molecule has 1 aromatic carbocycles. The molecule has 1 fully saturated rings. The van der Waals surface area contributed by atoms with Crippen molar-refractivity contribution in [3.63, 3.8) is 0 Å². The smallest absolute Gasteiger partial charge is 0.242 e. The number of halogens is 1. The Hall–Kier alpha value is -1.42. The molecule has 2 rings (SSSR count). The molecule has 1 N–H and O–H groups in total. The van der Waals surface area contributed by atoms with Gasteiger partial charge in [0.25, 0.3) is 0 Å². The second-order valence-corrected chi connectivity index (χ2v) is 5.65. The van der Waals surface area contributed by atoms with Crippen LogP contribution in [-0.2, 0) is 11.3 Å². The van der Waals surface area contributed by atoms with Gasteiger partial charge in [-0.15, -0.1) is 0 Å². The van der Waals surface area contributed by atoms with Crippen LogP contribution in [-0.4, -0.2) is 29.9 Å². The van der Waals surface area contributed by atoms with Crippen LogP contribution in [0, 0.1) is 5.82 Å². The Morgan fingerprint density at radius 2 is 2.10 bits per heavy atom. The van der Waals surface area contributed by atoms with E-state index in [9.17, 15) is 9.18 Å². The van der Waals surface area contributed by atoms with Crippen LogP contribution in [0.25, 0.3) is 0 Å². The molecule has 0 spiro atoms. The summed E-state index contributed by atoms with van der Waals surface area (Å²) in [5.41, 5.74) is 0.565. The lowest BCUT2D eigenvalue weighted by Crippen LogP contribution is -2.53. The largest absolute Gasteiger partial charge is 0.340 e. The van der Waals surface area contributed by atoms with E-state index in [0.717, 1.165) is 37.8 Å². The van der Waals surface area contributed by atoms with E-state index in [-0.39, 0.29) is 17.3 Å². The zero-order valence-electron chi connectivity index (χ0n) is 12.3. The third-order valence-corrected chi connectivity index (χ3v) is 4.01. The summed E-state index contributed by atoms with van der Waals surface area (Å²) in [5.74, 6) is -0.0937. The number of nitrogens with one attached hydrogen (secondary N) is 1. The van der Waals surface area contributed by atoms with Crippen LogP contribution in [0.1, 0.15) is 38.2 Å². The summed E-state index contributed by atoms with van der Waals surface area (Å²) in [4.78, 5) is 14.5. The lowest BCUT2D eigenvalue weighted by atomic mass is 9.90. The summed E-state index contributed by atoms with van der Waals surface area (Å²) in [7, 11) is 1.82. The van der Waals surface area contributed by atoms with Gasteiger partial charge in [-0.05, 0) is 43.5 Å². The van der Waals surface area contributed by atoms with E-state index in [1.807, 2.05) is 7.05 Å². The zero-order valence-corrected chi connectivity index (χ0v) is 12.3. The number of carbonyl (C=O) groups excluding carboxylic acids is 1. The topological polar surface area (TPSA) is 32.3 Å². The van der Waals surface area contributed by atoms with Crippen molar-refractivity contribution < 1.29 is 9.18 Å². The zero-order chi connectivity index (χ0) is 14.6. The molecule has 3 nitrogen and oxygen atoms in total. The van der Waals surface area contributed by atoms with Gasteiger partial charge < -0.3 is 10.2 Å². The van der Waals surface area contributed by atoms with Gasteiger partial charge in [0, 0.05) is 13.6 Å². The summed E-state index contributed by atoms with van der Waals surface area (Å²) in [6.07, 6.45) is 3.83. The number of likely N-dealkylation sites (N-methyl/N-ethyl adjacent to an activating group) is 1. The molecular formula is C16H23FN2O. The number of amides is 1. The highest BCUT2D eigenvalue weighted by Gasteiger charge is 2.41. The van der Waals surface area contributed by atoms with Crippen LogP contribution in [0.4, 0.5) is 4.39 Å². The first-order valence-electron chi connectivity index (χ1n) is 7.32. The van der Waals surface area contributed by atoms with Crippen molar-refractivity contribution in [3.05, 3.63) is 35.6 Å². The minimum atomic E-state index is -0.385. The molecule has 0 radical (unpaired) electrons. The molecular weight excluding hydrogens is 255 g/mol. The molecule has 0 saturated carbocycles. The molecule has 110 valence electrons. The van der Waals surface area contributed by atoms with Crippen LogP contribution in [0.5, 0.6) is 0 Å². The van der Waals surface area contributed by atoms with Gasteiger partial charge in [-0.3, -0.25) is 4.79 Å². The molecule has 4 heteroatoms. The molecule has 1 unspecified atom stereocenters. The summed E-state index contributed by atoms with van der Waals surface area (Å²) in [6.45, 7) is 3.54. The van der Waals surface area contributed by atoms with E-state index in [2.05, 4.69) is 12.2 Å². The third kappa shape index (κ3) is 3.18. The van der Waals surface area contributed by atoms with E-state index < -0.39 is 0 Å². The second-order valence-electron chi connectivity index (χ2n) is 5.65. The van der Waals surface area contributed by atoms with Crippen molar-refractivity contribution >= 4 is 5.91 Å². The maximum atomic E-state index is 12.9. The van der Waals surface area contributed by atoms with E-state index in [0.29, 0.717) is 6.54 Å². The van der Waals surface area contributed by atoms with Crippen molar-refractivity contribution in [3.8, 4) is 0 Å². The molecule has 1 amide bonds. The highest BCUT2D eigenvalue weighted by Crippen LogP contribution is 2.27. The Labute approximate surface area is 120 Å². The molecule has 1 heterocycles. The summed E-state index contributed by atoms with van der Waals surface area (Å²) < 4.78 is 12.9. The number of benzene rings is 1. The Morgan fingerprint density at radius 1 is 1.40 bits per heavy atom. The van der Waals surface area contributed by atoms with Crippen LogP contribution in [0.15, 0.2) is 24.3 Å². The lowest BCUT2D eigenvalue weighted by molar-refractivity contribution is -0.137. The van der Waals surface area contributed by atoms with Crippen molar-refractivity contribution in [2.45, 2.75) is 44.7 Å². The first-order chi connectivity index (χ1) is 9.57. The Bertz CT molecular complexity index is 452. The molecule has 1 aromatic rings. The van der Waals surface area contributed by atoms with Crippen molar-refractivity contribution in [1.29, 1.82) is 0 Å². The second kappa shape index (κ2) is 6.35. The van der Waals surface area contributed by atoms with Gasteiger partial charge in [-0.2, -0.15) is 0 Å². The minimum Gasteiger partial charge on any atom is -0.340 e. The predicted octanol–water partition coefficient (Wildman–Crippen LogP) is 2.71. The van der Waals surface area contributed by atoms with Crippen molar-refractivity contribution in [1.82, 2.24) is 10.2 Å². The molecule has 0 aliphatic carbocycles. The van der Waals surface area contributed by atoms with Gasteiger partial charge in [0.15, 0.2) is 0 Å². The average Bonchev–Trinajstić information content (AvgIpc) is 2.90. The van der Waals surface area contributed by atoms with Crippen LogP contribution in [0.3, 0.4) is 0 Å². The quantitative estimate of drug-likeness (QED) is 0.898. The number of hydrogen-bond acceptors (Lipinski definition) is 2. The molecule has 1 aliphatic heterocycles. The fraction of sp³-hybridized carbons (Fsp3) is 0.562. The van der Waals surface area contributed by atoms with Gasteiger partial charge in [0.05, 0.1) is 5.54 Å². The Balaban J connectivity index is 2.05. The summed E-state index contributed by atoms with van der Waals surface area (Å²) in [5, 5.41) is 3.40. The molecule has 0 bridgehead atoms. The van der Waals surface area contributed by atoms with Gasteiger partial charge in [0.1, 0.15) is 5.82 Å². The predicted molar refractivity (Wildman–Crippen MR) is 77.7 cm³/mol. The highest BCUT2D eigenvalue weighted by atomic mass is 19.1. The maximum Gasteiger partial charge on any atom is 0.242 e. The fourth-order valence-corrected chi connectivity index (χ4v) is 3.04. The third-order valence-electron chi connectivity index (χ3n) is 4.01. The molecule has 1 saturated heterocycles. The maximum absolute atomic E-state index is 12.9. The fourth-order valence-electron chi connectivity index (χ4n) is 3.04. The van der Waals surface area contributed by atoms with E-state index in [4.69, 9.17) is 0 Å². The Kier molecular flexibility index (Phi) is 4.76. The first-order valence-corrected chi connectivity index (χ1v) is 7.32. The number of carbonyl (C=O) groups is 1. The van der Waals surface area contributed by atoms with E-state index in [1.54, 1.807) is 17.0 Å². The van der Waals surface area contributed by atoms with E-state index >= 15 is 0 Å². The van der Waals surface area contributed by atoms with Gasteiger partial charge in [-0.25, -0.2) is 4.39 Å². The number of rotatable bonds is 5. The SMILES string of the molecule is CCCC1(C(=O)N(C)Cc2ccc(F)cc2)CCCN1. The van der Waals surface area contributed by atoms with Gasteiger partial charge in [-0.1, -0.05) is 25.5 Å². The number of hydrogen-bond donors (Lipinski definition) is 1. The van der Waals surface area contributed by atoms with Crippen LogP contribution in [0.2, 0.25) is 0 Å². The molecule has 1 aliphatic rings. The molecule has 1 atom stereocenters. The first kappa shape index (κ1) is 15.0. The monoisotopic (exact) mass is 278 g/mol. The average molecular weight is 278 g/mol. The molecule has 20 heavy (non-hydrogen) atoms. The summed E-state index contributed by atoms with van der Waals surface area (Å²) >= 11 is 0. The van der Waals surface area contributed by atoms with Crippen molar-refractivity contribution in [2.75, 3.05) is 13.6 Å². The van der Waals surface area contributed by atoms with Crippen LogP contribution >= 0.6 is 0 Å². The Morgan fingerprint density at radius 3 is 2.65 bits per heavy atom. The normalized spacial score (nSPS) is 21.9. The standard InChI is InChI=1S/C16H23FN2O/c1-3-9-16(10-4-11-18-16)15(20)19(2)12-13-5-7-14(17)8-6-13/h5-8,18H,3-4,9-12H2,1-2H3.